The largest absolute Gasteiger partial charge is 0.378 e. The van der Waals surface area contributed by atoms with Crippen LogP contribution in [-0.4, -0.2) is 56.5 Å². The first-order chi connectivity index (χ1) is 15.1. The van der Waals surface area contributed by atoms with Gasteiger partial charge in [-0.05, 0) is 18.2 Å². The Morgan fingerprint density at radius 2 is 2.13 bits per heavy atom. The lowest BCUT2D eigenvalue weighted by molar-refractivity contribution is -0.116. The molecule has 1 saturated heterocycles. The molecule has 4 heterocycles. The highest BCUT2D eigenvalue weighted by molar-refractivity contribution is 7.22. The lowest BCUT2D eigenvalue weighted by Gasteiger charge is -2.25. The molecule has 0 bridgehead atoms. The number of carbonyl (C=O) groups is 1. The quantitative estimate of drug-likeness (QED) is 0.503. The maximum atomic E-state index is 12.5. The van der Waals surface area contributed by atoms with Crippen LogP contribution >= 0.6 is 11.3 Å². The molecule has 5 rings (SSSR count). The zero-order chi connectivity index (χ0) is 21.4. The number of aromatic nitrogens is 5. The molecule has 3 aromatic heterocycles. The van der Waals surface area contributed by atoms with Gasteiger partial charge in [0.15, 0.2) is 10.8 Å². The Kier molecular flexibility index (Phi) is 5.12. The Hall–Kier alpha value is -3.31. The minimum Gasteiger partial charge on any atom is -0.378 e. The van der Waals surface area contributed by atoms with Crippen LogP contribution in [-0.2, 0) is 23.1 Å². The van der Waals surface area contributed by atoms with Crippen molar-refractivity contribution in [3.8, 4) is 0 Å². The van der Waals surface area contributed by atoms with E-state index < -0.39 is 0 Å². The van der Waals surface area contributed by atoms with Crippen molar-refractivity contribution >= 4 is 49.3 Å². The van der Waals surface area contributed by atoms with Gasteiger partial charge in [-0.15, -0.1) is 0 Å². The third-order valence-corrected chi connectivity index (χ3v) is 6.32. The number of hydrogen-bond donors (Lipinski definition) is 1. The van der Waals surface area contributed by atoms with E-state index in [0.717, 1.165) is 28.4 Å². The molecule has 10 nitrogen and oxygen atoms in total. The van der Waals surface area contributed by atoms with Crippen molar-refractivity contribution in [2.45, 2.75) is 13.0 Å². The summed E-state index contributed by atoms with van der Waals surface area (Å²) in [7, 11) is 1.73. The molecular formula is C20H21N7O3S. The maximum absolute atomic E-state index is 12.5. The number of morpholine rings is 1. The lowest BCUT2D eigenvalue weighted by Crippen LogP contribution is -2.36. The van der Waals surface area contributed by atoms with Crippen LogP contribution in [0.2, 0.25) is 0 Å². The number of amides is 1. The summed E-state index contributed by atoms with van der Waals surface area (Å²) in [5, 5.41) is 8.37. The molecular weight excluding hydrogens is 418 g/mol. The summed E-state index contributed by atoms with van der Waals surface area (Å²) in [5.74, 6) is -0.171. The standard InChI is InChI=1S/C20H21N7O3S/c1-25-18-14(11-22-25)19(29)27(12-21-18)5-4-17(28)23-13-2-3-15-16(10-13)31-20(24-15)26-6-8-30-9-7-26/h2-3,10-12H,4-9H2,1H3,(H,23,28). The molecule has 1 aliphatic heterocycles. The summed E-state index contributed by atoms with van der Waals surface area (Å²) in [6, 6.07) is 5.69. The van der Waals surface area contributed by atoms with Gasteiger partial charge >= 0.3 is 0 Å². The van der Waals surface area contributed by atoms with Crippen molar-refractivity contribution in [1.29, 1.82) is 0 Å². The fourth-order valence-electron chi connectivity index (χ4n) is 3.55. The second kappa shape index (κ2) is 8.08. The minimum atomic E-state index is -0.201. The van der Waals surface area contributed by atoms with Crippen molar-refractivity contribution in [2.75, 3.05) is 36.5 Å². The zero-order valence-corrected chi connectivity index (χ0v) is 17.8. The molecule has 0 atom stereocenters. The van der Waals surface area contributed by atoms with Gasteiger partial charge in [0.1, 0.15) is 5.39 Å². The molecule has 0 saturated carbocycles. The molecule has 1 N–H and O–H groups in total. The molecule has 11 heteroatoms. The van der Waals surface area contributed by atoms with Gasteiger partial charge in [0.25, 0.3) is 5.56 Å². The highest BCUT2D eigenvalue weighted by Gasteiger charge is 2.16. The predicted octanol–water partition coefficient (Wildman–Crippen LogP) is 1.61. The van der Waals surface area contributed by atoms with Gasteiger partial charge in [-0.25, -0.2) is 9.97 Å². The van der Waals surface area contributed by atoms with Gasteiger partial charge in [0.05, 0.1) is 36.0 Å². The first-order valence-electron chi connectivity index (χ1n) is 9.99. The average Bonchev–Trinajstić information content (AvgIpc) is 3.38. The van der Waals surface area contributed by atoms with Gasteiger partial charge in [-0.2, -0.15) is 5.10 Å². The third kappa shape index (κ3) is 3.89. The van der Waals surface area contributed by atoms with Crippen molar-refractivity contribution in [3.63, 3.8) is 0 Å². The summed E-state index contributed by atoms with van der Waals surface area (Å²) < 4.78 is 9.40. The average molecular weight is 440 g/mol. The SMILES string of the molecule is Cn1ncc2c(=O)n(CCC(=O)Nc3ccc4nc(N5CCOCC5)sc4c3)cnc21. The molecule has 0 spiro atoms. The molecule has 0 unspecified atom stereocenters. The first-order valence-corrected chi connectivity index (χ1v) is 10.8. The summed E-state index contributed by atoms with van der Waals surface area (Å²) >= 11 is 1.61. The highest BCUT2D eigenvalue weighted by Crippen LogP contribution is 2.31. The Labute approximate surface area is 181 Å². The molecule has 0 aliphatic carbocycles. The van der Waals surface area contributed by atoms with E-state index in [2.05, 4.69) is 20.3 Å². The monoisotopic (exact) mass is 439 g/mol. The number of carbonyl (C=O) groups excluding carboxylic acids is 1. The number of anilines is 2. The number of ether oxygens (including phenoxy) is 1. The summed E-state index contributed by atoms with van der Waals surface area (Å²) in [5.41, 5.74) is 1.95. The second-order valence-corrected chi connectivity index (χ2v) is 8.33. The van der Waals surface area contributed by atoms with E-state index in [1.807, 2.05) is 18.2 Å². The topological polar surface area (TPSA) is 107 Å². The van der Waals surface area contributed by atoms with E-state index in [1.54, 1.807) is 23.1 Å². The number of nitrogens with one attached hydrogen (secondary N) is 1. The number of hydrogen-bond acceptors (Lipinski definition) is 8. The Balaban J connectivity index is 1.26. The van der Waals surface area contributed by atoms with Crippen LogP contribution < -0.4 is 15.8 Å². The smallest absolute Gasteiger partial charge is 0.264 e. The van der Waals surface area contributed by atoms with E-state index in [4.69, 9.17) is 9.72 Å². The van der Waals surface area contributed by atoms with Crippen molar-refractivity contribution in [3.05, 3.63) is 41.1 Å². The van der Waals surface area contributed by atoms with Gasteiger partial charge in [0.2, 0.25) is 5.91 Å². The van der Waals surface area contributed by atoms with E-state index in [9.17, 15) is 9.59 Å². The van der Waals surface area contributed by atoms with Crippen molar-refractivity contribution in [1.82, 2.24) is 24.3 Å². The lowest BCUT2D eigenvalue weighted by atomic mass is 10.3. The molecule has 1 amide bonds. The van der Waals surface area contributed by atoms with Crippen molar-refractivity contribution in [2.24, 2.45) is 7.05 Å². The van der Waals surface area contributed by atoms with Crippen LogP contribution in [0.5, 0.6) is 0 Å². The minimum absolute atomic E-state index is 0.160. The number of thiazole rings is 1. The fraction of sp³-hybridized carbons (Fsp3) is 0.350. The van der Waals surface area contributed by atoms with E-state index in [1.165, 1.54) is 17.1 Å². The van der Waals surface area contributed by atoms with Crippen LogP contribution in [0.15, 0.2) is 35.5 Å². The molecule has 1 aromatic carbocycles. The molecule has 1 fully saturated rings. The van der Waals surface area contributed by atoms with Gasteiger partial charge in [0, 0.05) is 38.8 Å². The van der Waals surface area contributed by atoms with E-state index in [0.29, 0.717) is 29.9 Å². The van der Waals surface area contributed by atoms with Gasteiger partial charge < -0.3 is 15.0 Å². The predicted molar refractivity (Wildman–Crippen MR) is 119 cm³/mol. The van der Waals surface area contributed by atoms with Crippen LogP contribution in [0.4, 0.5) is 10.8 Å². The van der Waals surface area contributed by atoms with E-state index >= 15 is 0 Å². The summed E-state index contributed by atoms with van der Waals surface area (Å²) in [6.07, 6.45) is 3.11. The molecule has 0 radical (unpaired) electrons. The molecule has 4 aromatic rings. The zero-order valence-electron chi connectivity index (χ0n) is 16.9. The van der Waals surface area contributed by atoms with Gasteiger partial charge in [-0.1, -0.05) is 11.3 Å². The number of fused-ring (bicyclic) bond motifs is 2. The van der Waals surface area contributed by atoms with Gasteiger partial charge in [-0.3, -0.25) is 18.8 Å². The number of aryl methyl sites for hydroxylation is 2. The molecule has 1 aliphatic rings. The second-order valence-electron chi connectivity index (χ2n) is 7.33. The Morgan fingerprint density at radius 3 is 2.97 bits per heavy atom. The van der Waals surface area contributed by atoms with Crippen LogP contribution in [0.25, 0.3) is 21.3 Å². The highest BCUT2D eigenvalue weighted by atomic mass is 32.1. The maximum Gasteiger partial charge on any atom is 0.264 e. The van der Waals surface area contributed by atoms with Crippen LogP contribution in [0.3, 0.4) is 0 Å². The number of benzene rings is 1. The molecule has 160 valence electrons. The number of nitrogens with zero attached hydrogens (tertiary/aromatic N) is 6. The Bertz CT molecular complexity index is 1320. The fourth-order valence-corrected chi connectivity index (χ4v) is 4.61. The van der Waals surface area contributed by atoms with Crippen LogP contribution in [0, 0.1) is 0 Å². The normalized spacial score (nSPS) is 14.4. The Morgan fingerprint density at radius 1 is 1.29 bits per heavy atom. The summed E-state index contributed by atoms with van der Waals surface area (Å²) in [4.78, 5) is 36.1. The number of rotatable bonds is 5. The molecule has 31 heavy (non-hydrogen) atoms. The van der Waals surface area contributed by atoms with Crippen LogP contribution in [0.1, 0.15) is 6.42 Å². The van der Waals surface area contributed by atoms with Crippen molar-refractivity contribution < 1.29 is 9.53 Å². The first kappa shape index (κ1) is 19.6. The van der Waals surface area contributed by atoms with E-state index in [-0.39, 0.29) is 24.4 Å². The summed E-state index contributed by atoms with van der Waals surface area (Å²) in [6.45, 7) is 3.34. The third-order valence-electron chi connectivity index (χ3n) is 5.24.